The van der Waals surface area contributed by atoms with Crippen LogP contribution in [-0.4, -0.2) is 41.6 Å². The van der Waals surface area contributed by atoms with Crippen molar-refractivity contribution in [3.8, 4) is 6.07 Å². The number of carbonyl (C=O) groups excluding carboxylic acids is 2. The number of hydrogen-bond donors (Lipinski definition) is 2. The summed E-state index contributed by atoms with van der Waals surface area (Å²) < 4.78 is 39.8. The maximum Gasteiger partial charge on any atom is 0.416 e. The van der Waals surface area contributed by atoms with Crippen LogP contribution in [0.4, 0.5) is 23.7 Å². The van der Waals surface area contributed by atoms with Crippen LogP contribution in [0, 0.1) is 11.3 Å². The van der Waals surface area contributed by atoms with E-state index >= 15 is 0 Å². The Balaban J connectivity index is 1.80. The maximum absolute atomic E-state index is 13.3. The van der Waals surface area contributed by atoms with Crippen LogP contribution < -0.4 is 10.2 Å². The second-order valence-corrected chi connectivity index (χ2v) is 7.66. The van der Waals surface area contributed by atoms with Crippen molar-refractivity contribution in [3.63, 3.8) is 0 Å². The van der Waals surface area contributed by atoms with Crippen LogP contribution in [0.25, 0.3) is 0 Å². The van der Waals surface area contributed by atoms with Crippen molar-refractivity contribution in [3.05, 3.63) is 76.5 Å². The smallest absolute Gasteiger partial charge is 0.396 e. The molecule has 7 nitrogen and oxygen atoms in total. The molecule has 0 saturated carbocycles. The molecule has 2 aromatic carbocycles. The summed E-state index contributed by atoms with van der Waals surface area (Å²) in [5.74, 6) is -0.371. The van der Waals surface area contributed by atoms with Crippen LogP contribution in [0.3, 0.4) is 0 Å². The molecular weight excluding hydrogens is 437 g/mol. The van der Waals surface area contributed by atoms with Gasteiger partial charge in [-0.05, 0) is 42.3 Å². The van der Waals surface area contributed by atoms with Gasteiger partial charge in [0.2, 0.25) is 0 Å². The summed E-state index contributed by atoms with van der Waals surface area (Å²) in [6.07, 6.45) is -4.28. The zero-order valence-electron chi connectivity index (χ0n) is 17.3. The van der Waals surface area contributed by atoms with Gasteiger partial charge in [0.05, 0.1) is 46.7 Å². The molecule has 2 aromatic rings. The topological polar surface area (TPSA) is 96.7 Å². The van der Waals surface area contributed by atoms with Gasteiger partial charge in [0.25, 0.3) is 5.91 Å². The first-order chi connectivity index (χ1) is 15.7. The minimum absolute atomic E-state index is 0.00934. The standard InChI is InChI=1S/C23H19F3N4O3/c24-23(25,26)16-3-1-4-17(11-16)30-18-13-29(9-2-10-31)21(32)19(18)20(28-22(30)33)15-7-5-14(12-27)6-8-15/h1,3-8,11,20,31H,2,9-10,13H2,(H,28,33). The number of halogens is 3. The van der Waals surface area contributed by atoms with E-state index in [1.165, 1.54) is 17.0 Å². The zero-order valence-corrected chi connectivity index (χ0v) is 17.3. The highest BCUT2D eigenvalue weighted by atomic mass is 19.4. The van der Waals surface area contributed by atoms with Crippen molar-refractivity contribution < 1.29 is 27.9 Å². The molecule has 33 heavy (non-hydrogen) atoms. The third-order valence-corrected chi connectivity index (χ3v) is 5.59. The Morgan fingerprint density at radius 2 is 1.88 bits per heavy atom. The minimum atomic E-state index is -4.59. The van der Waals surface area contributed by atoms with Crippen molar-refractivity contribution >= 4 is 17.6 Å². The van der Waals surface area contributed by atoms with Crippen molar-refractivity contribution in [2.24, 2.45) is 0 Å². The molecule has 2 heterocycles. The van der Waals surface area contributed by atoms with E-state index in [1.54, 1.807) is 24.3 Å². The fourth-order valence-electron chi connectivity index (χ4n) is 4.03. The van der Waals surface area contributed by atoms with Crippen LogP contribution in [0.5, 0.6) is 0 Å². The molecule has 1 unspecified atom stereocenters. The lowest BCUT2D eigenvalue weighted by molar-refractivity contribution is -0.137. The lowest BCUT2D eigenvalue weighted by Crippen LogP contribution is -2.47. The molecule has 0 fully saturated rings. The Morgan fingerprint density at radius 1 is 1.15 bits per heavy atom. The van der Waals surface area contributed by atoms with Gasteiger partial charge in [-0.15, -0.1) is 0 Å². The number of nitriles is 1. The van der Waals surface area contributed by atoms with Crippen LogP contribution in [-0.2, 0) is 11.0 Å². The van der Waals surface area contributed by atoms with Crippen molar-refractivity contribution in [2.45, 2.75) is 18.6 Å². The number of rotatable bonds is 5. The summed E-state index contributed by atoms with van der Waals surface area (Å²) >= 11 is 0. The predicted octanol–water partition coefficient (Wildman–Crippen LogP) is 3.33. The number of nitrogens with zero attached hydrogens (tertiary/aromatic N) is 3. The van der Waals surface area contributed by atoms with E-state index < -0.39 is 23.8 Å². The molecule has 10 heteroatoms. The van der Waals surface area contributed by atoms with Crippen LogP contribution in [0.2, 0.25) is 0 Å². The van der Waals surface area contributed by atoms with Crippen molar-refractivity contribution in [1.29, 1.82) is 5.26 Å². The van der Waals surface area contributed by atoms with Gasteiger partial charge in [0, 0.05) is 13.2 Å². The average molecular weight is 456 g/mol. The number of benzene rings is 2. The molecule has 0 aliphatic carbocycles. The van der Waals surface area contributed by atoms with Gasteiger partial charge < -0.3 is 15.3 Å². The molecule has 2 N–H and O–H groups in total. The molecular formula is C23H19F3N4O3. The Bertz CT molecular complexity index is 1170. The second-order valence-electron chi connectivity index (χ2n) is 7.66. The van der Waals surface area contributed by atoms with E-state index in [9.17, 15) is 22.8 Å². The molecule has 0 radical (unpaired) electrons. The molecule has 0 spiro atoms. The van der Waals surface area contributed by atoms with E-state index in [1.807, 2.05) is 6.07 Å². The first kappa shape index (κ1) is 22.4. The van der Waals surface area contributed by atoms with E-state index in [0.29, 0.717) is 17.5 Å². The molecule has 2 aliphatic rings. The average Bonchev–Trinajstić information content (AvgIpc) is 3.12. The van der Waals surface area contributed by atoms with Gasteiger partial charge in [-0.1, -0.05) is 18.2 Å². The van der Waals surface area contributed by atoms with Crippen LogP contribution >= 0.6 is 0 Å². The van der Waals surface area contributed by atoms with Gasteiger partial charge in [0.1, 0.15) is 0 Å². The summed E-state index contributed by atoms with van der Waals surface area (Å²) in [5.41, 5.74) is 0.583. The summed E-state index contributed by atoms with van der Waals surface area (Å²) in [4.78, 5) is 28.9. The monoisotopic (exact) mass is 456 g/mol. The number of anilines is 1. The number of alkyl halides is 3. The highest BCUT2D eigenvalue weighted by Gasteiger charge is 2.44. The Hall–Kier alpha value is -3.84. The molecule has 4 rings (SSSR count). The van der Waals surface area contributed by atoms with Gasteiger partial charge in [-0.25, -0.2) is 4.79 Å². The molecule has 1 atom stereocenters. The lowest BCUT2D eigenvalue weighted by Gasteiger charge is -2.33. The fraction of sp³-hybridized carbons (Fsp3) is 0.261. The van der Waals surface area contributed by atoms with E-state index in [4.69, 9.17) is 10.4 Å². The second kappa shape index (κ2) is 8.60. The molecule has 0 aromatic heterocycles. The number of amides is 3. The number of urea groups is 1. The fourth-order valence-corrected chi connectivity index (χ4v) is 4.03. The molecule has 0 bridgehead atoms. The number of nitrogens with one attached hydrogen (secondary N) is 1. The lowest BCUT2D eigenvalue weighted by atomic mass is 9.94. The highest BCUT2D eigenvalue weighted by molar-refractivity contribution is 6.07. The first-order valence-corrected chi connectivity index (χ1v) is 10.2. The van der Waals surface area contributed by atoms with Crippen molar-refractivity contribution in [2.75, 3.05) is 24.6 Å². The molecule has 170 valence electrons. The summed E-state index contributed by atoms with van der Waals surface area (Å²) in [7, 11) is 0. The van der Waals surface area contributed by atoms with Crippen molar-refractivity contribution in [1.82, 2.24) is 10.2 Å². The highest BCUT2D eigenvalue weighted by Crippen LogP contribution is 2.40. The summed E-state index contributed by atoms with van der Waals surface area (Å²) in [6, 6.07) is 11.2. The van der Waals surface area contributed by atoms with Gasteiger partial charge in [-0.2, -0.15) is 18.4 Å². The van der Waals surface area contributed by atoms with Gasteiger partial charge in [-0.3, -0.25) is 9.69 Å². The summed E-state index contributed by atoms with van der Waals surface area (Å²) in [6.45, 7) is 0.111. The summed E-state index contributed by atoms with van der Waals surface area (Å²) in [5, 5.41) is 20.9. The first-order valence-electron chi connectivity index (χ1n) is 10.2. The number of carbonyl (C=O) groups is 2. The third-order valence-electron chi connectivity index (χ3n) is 5.59. The van der Waals surface area contributed by atoms with Gasteiger partial charge >= 0.3 is 12.2 Å². The van der Waals surface area contributed by atoms with E-state index in [-0.39, 0.29) is 42.6 Å². The quantitative estimate of drug-likeness (QED) is 0.722. The SMILES string of the molecule is N#Cc1ccc(C2NC(=O)N(c3cccc(C(F)(F)F)c3)C3=C2C(=O)N(CCCO)C3)cc1. The van der Waals surface area contributed by atoms with Gasteiger partial charge in [0.15, 0.2) is 0 Å². The Morgan fingerprint density at radius 3 is 2.52 bits per heavy atom. The van der Waals surface area contributed by atoms with Crippen LogP contribution in [0.1, 0.15) is 29.2 Å². The number of aliphatic hydroxyl groups is 1. The largest absolute Gasteiger partial charge is 0.416 e. The normalized spacial score (nSPS) is 18.3. The third kappa shape index (κ3) is 4.15. The van der Waals surface area contributed by atoms with E-state index in [2.05, 4.69) is 5.32 Å². The maximum atomic E-state index is 13.3. The number of hydrogen-bond acceptors (Lipinski definition) is 4. The van der Waals surface area contributed by atoms with Crippen LogP contribution in [0.15, 0.2) is 59.8 Å². The minimum Gasteiger partial charge on any atom is -0.396 e. The zero-order chi connectivity index (χ0) is 23.8. The Labute approximate surface area is 187 Å². The molecule has 2 aliphatic heterocycles. The Kier molecular flexibility index (Phi) is 5.82. The predicted molar refractivity (Wildman–Crippen MR) is 112 cm³/mol. The number of aliphatic hydroxyl groups excluding tert-OH is 1. The molecule has 3 amide bonds. The molecule has 0 saturated heterocycles. The van der Waals surface area contributed by atoms with E-state index in [0.717, 1.165) is 17.0 Å².